The van der Waals surface area contributed by atoms with Gasteiger partial charge in [0.2, 0.25) is 6.79 Å². The van der Waals surface area contributed by atoms with E-state index in [-0.39, 0.29) is 23.9 Å². The fourth-order valence-electron chi connectivity index (χ4n) is 2.79. The highest BCUT2D eigenvalue weighted by atomic mass is 32.2. The highest BCUT2D eigenvalue weighted by Gasteiger charge is 2.32. The number of thioether (sulfide) groups is 1. The van der Waals surface area contributed by atoms with Gasteiger partial charge in [0.25, 0.3) is 0 Å². The quantitative estimate of drug-likeness (QED) is 0.876. The van der Waals surface area contributed by atoms with Gasteiger partial charge in [-0.15, -0.1) is 11.8 Å². The Bertz CT molecular complexity index is 834. The topological polar surface area (TPSA) is 50.8 Å². The van der Waals surface area contributed by atoms with Crippen molar-refractivity contribution in [3.8, 4) is 11.5 Å². The highest BCUT2D eigenvalue weighted by Crippen LogP contribution is 2.42. The Balaban J connectivity index is 1.52. The molecule has 0 saturated carbocycles. The van der Waals surface area contributed by atoms with Gasteiger partial charge in [-0.05, 0) is 29.8 Å². The van der Waals surface area contributed by atoms with Crippen LogP contribution in [-0.4, -0.2) is 30.0 Å². The first-order chi connectivity index (χ1) is 12.1. The molecule has 1 N–H and O–H groups in total. The molecular weight excluding hydrogens is 350 g/mol. The minimum absolute atomic E-state index is 0.181. The second-order valence-corrected chi connectivity index (χ2v) is 6.78. The molecule has 130 valence electrons. The molecule has 2 amide bonds. The van der Waals surface area contributed by atoms with E-state index >= 15 is 0 Å². The molecule has 2 aliphatic rings. The van der Waals surface area contributed by atoms with Crippen LogP contribution in [0, 0.1) is 11.6 Å². The zero-order chi connectivity index (χ0) is 17.4. The number of ether oxygens (including phenoxy) is 2. The number of anilines is 1. The van der Waals surface area contributed by atoms with Crippen LogP contribution in [0.5, 0.6) is 11.5 Å². The van der Waals surface area contributed by atoms with E-state index in [0.29, 0.717) is 18.0 Å². The normalized spacial score (nSPS) is 18.5. The summed E-state index contributed by atoms with van der Waals surface area (Å²) in [5.74, 6) is 0.175. The van der Waals surface area contributed by atoms with Gasteiger partial charge in [0.05, 0.1) is 0 Å². The molecule has 0 unspecified atom stereocenters. The van der Waals surface area contributed by atoms with Crippen LogP contribution in [0.25, 0.3) is 0 Å². The van der Waals surface area contributed by atoms with Crippen LogP contribution in [0.3, 0.4) is 0 Å². The van der Waals surface area contributed by atoms with E-state index in [4.69, 9.17) is 9.47 Å². The summed E-state index contributed by atoms with van der Waals surface area (Å²) in [7, 11) is 0. The number of hydrogen-bond donors (Lipinski definition) is 1. The number of urea groups is 1. The van der Waals surface area contributed by atoms with Crippen molar-refractivity contribution in [2.45, 2.75) is 5.37 Å². The van der Waals surface area contributed by atoms with E-state index in [2.05, 4.69) is 5.32 Å². The van der Waals surface area contributed by atoms with Gasteiger partial charge >= 0.3 is 6.03 Å². The lowest BCUT2D eigenvalue weighted by atomic mass is 10.2. The van der Waals surface area contributed by atoms with Crippen molar-refractivity contribution in [3.63, 3.8) is 0 Å². The predicted octanol–water partition coefficient (Wildman–Crippen LogP) is 3.97. The van der Waals surface area contributed by atoms with Gasteiger partial charge in [0, 0.05) is 24.1 Å². The Kier molecular flexibility index (Phi) is 4.12. The lowest BCUT2D eigenvalue weighted by molar-refractivity contribution is 0.174. The minimum Gasteiger partial charge on any atom is -0.454 e. The number of halogens is 2. The molecule has 2 aromatic carbocycles. The van der Waals surface area contributed by atoms with Crippen LogP contribution in [0.1, 0.15) is 10.9 Å². The number of carbonyl (C=O) groups excluding carboxylic acids is 1. The summed E-state index contributed by atoms with van der Waals surface area (Å²) in [6, 6.07) is 8.50. The molecule has 1 saturated heterocycles. The second-order valence-electron chi connectivity index (χ2n) is 5.59. The fraction of sp³-hybridized carbons (Fsp3) is 0.235. The van der Waals surface area contributed by atoms with Gasteiger partial charge in [0.15, 0.2) is 23.1 Å². The first kappa shape index (κ1) is 16.0. The predicted molar refractivity (Wildman–Crippen MR) is 89.8 cm³/mol. The average Bonchev–Trinajstić information content (AvgIpc) is 3.26. The van der Waals surface area contributed by atoms with Gasteiger partial charge in [-0.25, -0.2) is 13.6 Å². The van der Waals surface area contributed by atoms with E-state index in [1.165, 1.54) is 6.07 Å². The van der Waals surface area contributed by atoms with Gasteiger partial charge in [0.1, 0.15) is 5.37 Å². The SMILES string of the molecule is O=C(Nc1ccc(F)c(F)c1)N1CCS[C@@H]1c1ccc2c(c1)OCO2. The molecule has 2 aromatic rings. The molecule has 0 aliphatic carbocycles. The van der Waals surface area contributed by atoms with Crippen molar-refractivity contribution < 1.29 is 23.0 Å². The summed E-state index contributed by atoms with van der Waals surface area (Å²) in [5, 5.41) is 2.43. The molecule has 1 atom stereocenters. The van der Waals surface area contributed by atoms with Gasteiger partial charge in [-0.3, -0.25) is 0 Å². The molecule has 2 aliphatic heterocycles. The molecule has 25 heavy (non-hydrogen) atoms. The van der Waals surface area contributed by atoms with Crippen LogP contribution < -0.4 is 14.8 Å². The smallest absolute Gasteiger partial charge is 0.323 e. The zero-order valence-corrected chi connectivity index (χ0v) is 13.8. The van der Waals surface area contributed by atoms with Crippen LogP contribution in [0.15, 0.2) is 36.4 Å². The minimum atomic E-state index is -0.999. The Hall–Kier alpha value is -2.48. The molecule has 4 rings (SSSR count). The van der Waals surface area contributed by atoms with E-state index in [0.717, 1.165) is 23.4 Å². The Morgan fingerprint density at radius 2 is 1.96 bits per heavy atom. The summed E-state index contributed by atoms with van der Waals surface area (Å²) in [6.07, 6.45) is 0. The fourth-order valence-corrected chi connectivity index (χ4v) is 4.04. The van der Waals surface area contributed by atoms with Crippen LogP contribution >= 0.6 is 11.8 Å². The zero-order valence-electron chi connectivity index (χ0n) is 13.0. The maximum absolute atomic E-state index is 13.3. The summed E-state index contributed by atoms with van der Waals surface area (Å²) in [4.78, 5) is 14.2. The maximum Gasteiger partial charge on any atom is 0.323 e. The lowest BCUT2D eigenvalue weighted by Gasteiger charge is -2.24. The Morgan fingerprint density at radius 1 is 1.12 bits per heavy atom. The maximum atomic E-state index is 13.3. The number of carbonyl (C=O) groups is 1. The van der Waals surface area contributed by atoms with Crippen LogP contribution in [0.4, 0.5) is 19.3 Å². The number of rotatable bonds is 2. The van der Waals surface area contributed by atoms with Crippen molar-refractivity contribution in [1.29, 1.82) is 0 Å². The monoisotopic (exact) mass is 364 g/mol. The number of benzene rings is 2. The average molecular weight is 364 g/mol. The molecular formula is C17H14F2N2O3S. The molecule has 0 bridgehead atoms. The van der Waals surface area contributed by atoms with Gasteiger partial charge in [-0.1, -0.05) is 6.07 Å². The summed E-state index contributed by atoms with van der Waals surface area (Å²) >= 11 is 1.63. The first-order valence-electron chi connectivity index (χ1n) is 7.65. The lowest BCUT2D eigenvalue weighted by Crippen LogP contribution is -2.34. The summed E-state index contributed by atoms with van der Waals surface area (Å²) in [5.41, 5.74) is 1.14. The molecule has 0 spiro atoms. The number of nitrogens with one attached hydrogen (secondary N) is 1. The Morgan fingerprint density at radius 3 is 2.80 bits per heavy atom. The van der Waals surface area contributed by atoms with E-state index < -0.39 is 11.6 Å². The van der Waals surface area contributed by atoms with Crippen LogP contribution in [-0.2, 0) is 0 Å². The molecule has 0 radical (unpaired) electrons. The number of amides is 2. The molecule has 0 aromatic heterocycles. The van der Waals surface area contributed by atoms with Crippen LogP contribution in [0.2, 0.25) is 0 Å². The summed E-state index contributed by atoms with van der Waals surface area (Å²) in [6.45, 7) is 0.746. The molecule has 1 fully saturated rings. The van der Waals surface area contributed by atoms with Crippen molar-refractivity contribution in [1.82, 2.24) is 4.90 Å². The van der Waals surface area contributed by atoms with Crippen molar-refractivity contribution in [2.75, 3.05) is 24.4 Å². The van der Waals surface area contributed by atoms with E-state index in [1.54, 1.807) is 16.7 Å². The number of nitrogens with zero attached hydrogens (tertiary/aromatic N) is 1. The summed E-state index contributed by atoms with van der Waals surface area (Å²) < 4.78 is 37.0. The number of hydrogen-bond acceptors (Lipinski definition) is 4. The Labute approximate surface area is 146 Å². The third-order valence-corrected chi connectivity index (χ3v) is 5.27. The second kappa shape index (κ2) is 6.44. The van der Waals surface area contributed by atoms with Crippen molar-refractivity contribution in [3.05, 3.63) is 53.6 Å². The van der Waals surface area contributed by atoms with Crippen molar-refractivity contribution >= 4 is 23.5 Å². The molecule has 8 heteroatoms. The number of fused-ring (bicyclic) bond motifs is 1. The third kappa shape index (κ3) is 3.09. The largest absolute Gasteiger partial charge is 0.454 e. The van der Waals surface area contributed by atoms with E-state index in [9.17, 15) is 13.6 Å². The van der Waals surface area contributed by atoms with Crippen molar-refractivity contribution in [2.24, 2.45) is 0 Å². The first-order valence-corrected chi connectivity index (χ1v) is 8.70. The van der Waals surface area contributed by atoms with E-state index in [1.807, 2.05) is 18.2 Å². The molecule has 2 heterocycles. The third-order valence-electron chi connectivity index (χ3n) is 4.00. The highest BCUT2D eigenvalue weighted by molar-refractivity contribution is 7.99. The molecule has 5 nitrogen and oxygen atoms in total. The van der Waals surface area contributed by atoms with Gasteiger partial charge in [-0.2, -0.15) is 0 Å². The van der Waals surface area contributed by atoms with Gasteiger partial charge < -0.3 is 19.7 Å². The standard InChI is InChI=1S/C17H14F2N2O3S/c18-12-3-2-11(8-13(12)19)20-17(22)21-5-6-25-16(21)10-1-4-14-15(7-10)24-9-23-14/h1-4,7-8,16H,5-6,9H2,(H,20,22)/t16-/m1/s1.